The lowest BCUT2D eigenvalue weighted by Crippen LogP contribution is -2.31. The van der Waals surface area contributed by atoms with E-state index in [4.69, 9.17) is 15.7 Å². The fourth-order valence-corrected chi connectivity index (χ4v) is 1.26. The van der Waals surface area contributed by atoms with Crippen molar-refractivity contribution in [3.05, 3.63) is 12.4 Å². The predicted octanol–water partition coefficient (Wildman–Crippen LogP) is -0.793. The van der Waals surface area contributed by atoms with E-state index < -0.39 is 0 Å². The van der Waals surface area contributed by atoms with Crippen LogP contribution < -0.4 is 16.2 Å². The highest BCUT2D eigenvalue weighted by Gasteiger charge is 2.07. The molecule has 1 aromatic heterocycles. The van der Waals surface area contributed by atoms with Crippen molar-refractivity contribution in [3.8, 4) is 0 Å². The first-order chi connectivity index (χ1) is 7.81. The summed E-state index contributed by atoms with van der Waals surface area (Å²) in [6.45, 7) is 1.76. The zero-order valence-corrected chi connectivity index (χ0v) is 9.26. The molecule has 7 heteroatoms. The van der Waals surface area contributed by atoms with E-state index in [1.165, 1.54) is 6.33 Å². The Labute approximate surface area is 94.2 Å². The van der Waals surface area contributed by atoms with Crippen molar-refractivity contribution in [1.82, 2.24) is 9.97 Å². The first kappa shape index (κ1) is 12.6. The Kier molecular flexibility index (Phi) is 5.48. The monoisotopic (exact) mass is 227 g/mol. The summed E-state index contributed by atoms with van der Waals surface area (Å²) < 4.78 is 4.99. The molecule has 0 saturated carbocycles. The molecular formula is C9H17N5O2. The zero-order valence-electron chi connectivity index (χ0n) is 9.26. The van der Waals surface area contributed by atoms with E-state index in [1.54, 1.807) is 13.2 Å². The summed E-state index contributed by atoms with van der Waals surface area (Å²) in [6, 6.07) is 1.71. The quantitative estimate of drug-likeness (QED) is 0.415. The average molecular weight is 227 g/mol. The molecule has 0 bridgehead atoms. The summed E-state index contributed by atoms with van der Waals surface area (Å²) >= 11 is 0. The Morgan fingerprint density at radius 3 is 2.94 bits per heavy atom. The largest absolute Gasteiger partial charge is 0.395 e. The maximum Gasteiger partial charge on any atom is 0.145 e. The van der Waals surface area contributed by atoms with E-state index in [2.05, 4.69) is 15.4 Å². The summed E-state index contributed by atoms with van der Waals surface area (Å²) in [4.78, 5) is 9.92. The molecule has 0 aromatic carbocycles. The Morgan fingerprint density at radius 2 is 2.31 bits per heavy atom. The van der Waals surface area contributed by atoms with Crippen LogP contribution in [0, 0.1) is 0 Å². The minimum absolute atomic E-state index is 0.0547. The van der Waals surface area contributed by atoms with Gasteiger partial charge in [0, 0.05) is 26.3 Å². The minimum Gasteiger partial charge on any atom is -0.395 e. The zero-order chi connectivity index (χ0) is 11.8. The third-order valence-corrected chi connectivity index (χ3v) is 2.06. The summed E-state index contributed by atoms with van der Waals surface area (Å²) in [6.07, 6.45) is 1.42. The number of nitrogens with two attached hydrogens (primary N) is 1. The summed E-state index contributed by atoms with van der Waals surface area (Å²) in [5, 5.41) is 8.96. The Hall–Kier alpha value is -1.44. The summed E-state index contributed by atoms with van der Waals surface area (Å²) in [5.74, 6) is 6.50. The van der Waals surface area contributed by atoms with Gasteiger partial charge < -0.3 is 20.2 Å². The molecule has 4 N–H and O–H groups in total. The molecule has 0 aliphatic carbocycles. The van der Waals surface area contributed by atoms with Gasteiger partial charge in [-0.05, 0) is 0 Å². The molecule has 0 aliphatic heterocycles. The average Bonchev–Trinajstić information content (AvgIpc) is 2.34. The van der Waals surface area contributed by atoms with Gasteiger partial charge in [0.05, 0.1) is 13.2 Å². The molecule has 90 valence electrons. The highest BCUT2D eigenvalue weighted by molar-refractivity contribution is 5.47. The van der Waals surface area contributed by atoms with Crippen molar-refractivity contribution in [3.63, 3.8) is 0 Å². The van der Waals surface area contributed by atoms with E-state index >= 15 is 0 Å². The lowest BCUT2D eigenvalue weighted by atomic mass is 10.4. The lowest BCUT2D eigenvalue weighted by Gasteiger charge is -2.22. The van der Waals surface area contributed by atoms with Gasteiger partial charge in [0.15, 0.2) is 0 Å². The first-order valence-corrected chi connectivity index (χ1v) is 4.95. The minimum atomic E-state index is 0.0547. The molecule has 16 heavy (non-hydrogen) atoms. The number of ether oxygens (including phenoxy) is 1. The fraction of sp³-hybridized carbons (Fsp3) is 0.556. The van der Waals surface area contributed by atoms with Crippen LogP contribution in [-0.2, 0) is 4.74 Å². The van der Waals surface area contributed by atoms with Gasteiger partial charge in [-0.2, -0.15) is 0 Å². The third-order valence-electron chi connectivity index (χ3n) is 2.06. The number of hydrazine groups is 1. The molecule has 0 radical (unpaired) electrons. The Balaban J connectivity index is 2.73. The van der Waals surface area contributed by atoms with Crippen LogP contribution in [0.1, 0.15) is 0 Å². The molecule has 0 saturated heterocycles. The first-order valence-electron chi connectivity index (χ1n) is 4.95. The third kappa shape index (κ3) is 3.61. The molecule has 0 fully saturated rings. The number of nitrogens with one attached hydrogen (secondary N) is 1. The molecule has 1 rings (SSSR count). The lowest BCUT2D eigenvalue weighted by molar-refractivity contribution is 0.202. The molecule has 0 spiro atoms. The number of rotatable bonds is 7. The maximum absolute atomic E-state index is 8.96. The van der Waals surface area contributed by atoms with Crippen LogP contribution in [0.25, 0.3) is 0 Å². The van der Waals surface area contributed by atoms with Crippen molar-refractivity contribution in [2.45, 2.75) is 0 Å². The highest BCUT2D eigenvalue weighted by Crippen LogP contribution is 2.12. The van der Waals surface area contributed by atoms with Crippen molar-refractivity contribution in [2.75, 3.05) is 43.7 Å². The number of nitrogen functional groups attached to an aromatic ring is 1. The summed E-state index contributed by atoms with van der Waals surface area (Å²) in [7, 11) is 1.63. The normalized spacial score (nSPS) is 10.2. The van der Waals surface area contributed by atoms with Crippen LogP contribution in [-0.4, -0.2) is 48.5 Å². The number of anilines is 2. The van der Waals surface area contributed by atoms with Gasteiger partial charge in [-0.3, -0.25) is 0 Å². The molecular weight excluding hydrogens is 210 g/mol. The van der Waals surface area contributed by atoms with Gasteiger partial charge in [0.25, 0.3) is 0 Å². The fourth-order valence-electron chi connectivity index (χ4n) is 1.26. The van der Waals surface area contributed by atoms with Gasteiger partial charge in [-0.25, -0.2) is 15.8 Å². The van der Waals surface area contributed by atoms with Gasteiger partial charge in [-0.15, -0.1) is 0 Å². The van der Waals surface area contributed by atoms with Crippen molar-refractivity contribution < 1.29 is 9.84 Å². The predicted molar refractivity (Wildman–Crippen MR) is 61.0 cm³/mol. The van der Waals surface area contributed by atoms with E-state index in [0.29, 0.717) is 31.3 Å². The van der Waals surface area contributed by atoms with Crippen LogP contribution in [0.15, 0.2) is 12.4 Å². The van der Waals surface area contributed by atoms with Crippen molar-refractivity contribution in [1.29, 1.82) is 0 Å². The van der Waals surface area contributed by atoms with E-state index in [1.807, 2.05) is 4.90 Å². The van der Waals surface area contributed by atoms with Gasteiger partial charge >= 0.3 is 0 Å². The van der Waals surface area contributed by atoms with Crippen LogP contribution >= 0.6 is 0 Å². The SMILES string of the molecule is COCCN(CCO)c1cc(NN)ncn1. The van der Waals surface area contributed by atoms with Crippen LogP contribution in [0.3, 0.4) is 0 Å². The molecule has 1 heterocycles. The van der Waals surface area contributed by atoms with Gasteiger partial charge in [-0.1, -0.05) is 0 Å². The highest BCUT2D eigenvalue weighted by atomic mass is 16.5. The molecule has 0 unspecified atom stereocenters. The maximum atomic E-state index is 8.96. The number of hydrogen-bond acceptors (Lipinski definition) is 7. The van der Waals surface area contributed by atoms with Gasteiger partial charge in [0.2, 0.25) is 0 Å². The molecule has 0 aliphatic rings. The van der Waals surface area contributed by atoms with Crippen LogP contribution in [0.5, 0.6) is 0 Å². The van der Waals surface area contributed by atoms with E-state index in [-0.39, 0.29) is 6.61 Å². The molecule has 0 amide bonds. The smallest absolute Gasteiger partial charge is 0.145 e. The molecule has 1 aromatic rings. The second-order valence-corrected chi connectivity index (χ2v) is 3.11. The number of aromatic nitrogens is 2. The number of hydrogen-bond donors (Lipinski definition) is 3. The van der Waals surface area contributed by atoms with Crippen LogP contribution in [0.2, 0.25) is 0 Å². The Bertz CT molecular complexity index is 310. The Morgan fingerprint density at radius 1 is 1.50 bits per heavy atom. The number of aliphatic hydroxyl groups is 1. The standard InChI is InChI=1S/C9H17N5O2/c1-16-5-3-14(2-4-15)9-6-8(13-10)11-7-12-9/h6-7,15H,2-5,10H2,1H3,(H,11,12,13). The second kappa shape index (κ2) is 6.94. The van der Waals surface area contributed by atoms with Gasteiger partial charge in [0.1, 0.15) is 18.0 Å². The second-order valence-electron chi connectivity index (χ2n) is 3.11. The number of nitrogens with zero attached hydrogens (tertiary/aromatic N) is 3. The molecule has 7 nitrogen and oxygen atoms in total. The van der Waals surface area contributed by atoms with Crippen LogP contribution in [0.4, 0.5) is 11.6 Å². The summed E-state index contributed by atoms with van der Waals surface area (Å²) in [5.41, 5.74) is 2.45. The van der Waals surface area contributed by atoms with E-state index in [9.17, 15) is 0 Å². The van der Waals surface area contributed by atoms with Crippen molar-refractivity contribution >= 4 is 11.6 Å². The topological polar surface area (TPSA) is 96.5 Å². The van der Waals surface area contributed by atoms with E-state index in [0.717, 1.165) is 0 Å². The number of aliphatic hydroxyl groups excluding tert-OH is 1. The number of methoxy groups -OCH3 is 1. The molecule has 0 atom stereocenters. The van der Waals surface area contributed by atoms with Crippen molar-refractivity contribution in [2.24, 2.45) is 5.84 Å².